The Morgan fingerprint density at radius 3 is 2.79 bits per heavy atom. The molecule has 1 rings (SSSR count). The third-order valence-corrected chi connectivity index (χ3v) is 2.42. The van der Waals surface area contributed by atoms with Crippen LogP contribution in [0, 0.1) is 5.41 Å². The van der Waals surface area contributed by atoms with E-state index < -0.39 is 0 Å². The summed E-state index contributed by atoms with van der Waals surface area (Å²) in [5.41, 5.74) is 0.426. The van der Waals surface area contributed by atoms with Crippen molar-refractivity contribution in [2.75, 3.05) is 5.32 Å². The quantitative estimate of drug-likeness (QED) is 0.799. The number of anilines is 1. The highest BCUT2D eigenvalue weighted by atomic mass is 16.2. The third kappa shape index (κ3) is 2.55. The Bertz CT molecular complexity index is 306. The van der Waals surface area contributed by atoms with Crippen molar-refractivity contribution in [2.45, 2.75) is 27.2 Å². The van der Waals surface area contributed by atoms with Crippen molar-refractivity contribution in [1.82, 2.24) is 4.98 Å². The van der Waals surface area contributed by atoms with Gasteiger partial charge in [0.1, 0.15) is 0 Å². The van der Waals surface area contributed by atoms with Crippen LogP contribution in [0.4, 0.5) is 5.69 Å². The van der Waals surface area contributed by atoms with E-state index in [1.807, 2.05) is 26.8 Å². The number of nitrogens with one attached hydrogen (secondary N) is 1. The first-order valence-electron chi connectivity index (χ1n) is 4.78. The Morgan fingerprint density at radius 2 is 2.29 bits per heavy atom. The van der Waals surface area contributed by atoms with Gasteiger partial charge in [-0.2, -0.15) is 0 Å². The average molecular weight is 192 g/mol. The number of carbonyl (C=O) groups excluding carboxylic acids is 1. The fourth-order valence-corrected chi connectivity index (χ4v) is 0.898. The lowest BCUT2D eigenvalue weighted by Gasteiger charge is -2.21. The number of carbonyl (C=O) groups is 1. The van der Waals surface area contributed by atoms with Crippen LogP contribution in [0.1, 0.15) is 27.2 Å². The van der Waals surface area contributed by atoms with Crippen LogP contribution in [0.15, 0.2) is 24.5 Å². The van der Waals surface area contributed by atoms with Gasteiger partial charge in [0.15, 0.2) is 0 Å². The molecule has 1 amide bonds. The van der Waals surface area contributed by atoms with Gasteiger partial charge >= 0.3 is 0 Å². The van der Waals surface area contributed by atoms with E-state index in [1.54, 1.807) is 18.5 Å². The summed E-state index contributed by atoms with van der Waals surface area (Å²) in [6, 6.07) is 3.63. The maximum absolute atomic E-state index is 11.7. The summed E-state index contributed by atoms with van der Waals surface area (Å²) in [7, 11) is 0. The van der Waals surface area contributed by atoms with Crippen molar-refractivity contribution < 1.29 is 4.79 Å². The molecule has 14 heavy (non-hydrogen) atoms. The molecule has 0 aliphatic heterocycles. The van der Waals surface area contributed by atoms with E-state index in [9.17, 15) is 4.79 Å². The lowest BCUT2D eigenvalue weighted by Crippen LogP contribution is -2.29. The van der Waals surface area contributed by atoms with Gasteiger partial charge in [-0.1, -0.05) is 20.8 Å². The Hall–Kier alpha value is -1.38. The first-order chi connectivity index (χ1) is 6.56. The van der Waals surface area contributed by atoms with Gasteiger partial charge in [-0.3, -0.25) is 9.78 Å². The van der Waals surface area contributed by atoms with Gasteiger partial charge in [0.05, 0.1) is 11.9 Å². The van der Waals surface area contributed by atoms with Crippen LogP contribution in [-0.2, 0) is 4.79 Å². The van der Waals surface area contributed by atoms with Gasteiger partial charge in [-0.05, 0) is 18.6 Å². The number of rotatable bonds is 3. The normalized spacial score (nSPS) is 11.1. The summed E-state index contributed by atoms with van der Waals surface area (Å²) in [5, 5.41) is 2.83. The zero-order valence-electron chi connectivity index (χ0n) is 8.87. The van der Waals surface area contributed by atoms with Crippen molar-refractivity contribution in [3.8, 4) is 0 Å². The van der Waals surface area contributed by atoms with Crippen molar-refractivity contribution in [3.63, 3.8) is 0 Å². The summed E-state index contributed by atoms with van der Waals surface area (Å²) in [4.78, 5) is 15.7. The number of pyridine rings is 1. The first-order valence-corrected chi connectivity index (χ1v) is 4.78. The van der Waals surface area contributed by atoms with Gasteiger partial charge in [-0.15, -0.1) is 0 Å². The van der Waals surface area contributed by atoms with Crippen molar-refractivity contribution in [1.29, 1.82) is 0 Å². The van der Waals surface area contributed by atoms with E-state index in [0.29, 0.717) is 0 Å². The number of aromatic nitrogens is 1. The Labute approximate surface area is 84.6 Å². The molecule has 0 aliphatic rings. The van der Waals surface area contributed by atoms with Crippen LogP contribution < -0.4 is 5.32 Å². The number of hydrogen-bond donors (Lipinski definition) is 1. The zero-order valence-corrected chi connectivity index (χ0v) is 8.87. The minimum absolute atomic E-state index is 0.0352. The van der Waals surface area contributed by atoms with E-state index in [-0.39, 0.29) is 11.3 Å². The fraction of sp³-hybridized carbons (Fsp3) is 0.455. The van der Waals surface area contributed by atoms with Crippen molar-refractivity contribution in [2.24, 2.45) is 5.41 Å². The maximum atomic E-state index is 11.7. The summed E-state index contributed by atoms with van der Waals surface area (Å²) in [6.07, 6.45) is 4.14. The summed E-state index contributed by atoms with van der Waals surface area (Å²) in [5.74, 6) is 0.0352. The molecule has 3 nitrogen and oxygen atoms in total. The highest BCUT2D eigenvalue weighted by molar-refractivity contribution is 5.94. The van der Waals surface area contributed by atoms with E-state index in [1.165, 1.54) is 0 Å². The molecule has 0 atom stereocenters. The molecule has 0 aliphatic carbocycles. The predicted octanol–water partition coefficient (Wildman–Crippen LogP) is 2.46. The molecule has 1 aromatic heterocycles. The monoisotopic (exact) mass is 192 g/mol. The highest BCUT2D eigenvalue weighted by Crippen LogP contribution is 2.21. The molecular formula is C11H16N2O. The van der Waals surface area contributed by atoms with Crippen LogP contribution in [0.3, 0.4) is 0 Å². The van der Waals surface area contributed by atoms with Crippen molar-refractivity contribution >= 4 is 11.6 Å². The van der Waals surface area contributed by atoms with Gasteiger partial charge in [0.25, 0.3) is 0 Å². The Morgan fingerprint density at radius 1 is 1.57 bits per heavy atom. The summed E-state index contributed by atoms with van der Waals surface area (Å²) < 4.78 is 0. The topological polar surface area (TPSA) is 42.0 Å². The van der Waals surface area contributed by atoms with Gasteiger partial charge in [0, 0.05) is 11.6 Å². The molecule has 0 saturated heterocycles. The molecule has 0 bridgehead atoms. The molecule has 1 heterocycles. The van der Waals surface area contributed by atoms with E-state index in [4.69, 9.17) is 0 Å². The molecule has 0 radical (unpaired) electrons. The second kappa shape index (κ2) is 4.22. The fourth-order valence-electron chi connectivity index (χ4n) is 0.898. The SMILES string of the molecule is CCC(C)(C)C(=O)Nc1cccnc1. The molecule has 1 aromatic rings. The average Bonchev–Trinajstić information content (AvgIpc) is 2.19. The van der Waals surface area contributed by atoms with Gasteiger partial charge in [-0.25, -0.2) is 0 Å². The number of amides is 1. The van der Waals surface area contributed by atoms with Crippen LogP contribution in [0.5, 0.6) is 0 Å². The van der Waals surface area contributed by atoms with Crippen LogP contribution in [-0.4, -0.2) is 10.9 Å². The Kier molecular flexibility index (Phi) is 3.23. The third-order valence-electron chi connectivity index (χ3n) is 2.42. The van der Waals surface area contributed by atoms with Crippen LogP contribution in [0.2, 0.25) is 0 Å². The second-order valence-corrected chi connectivity index (χ2v) is 3.93. The second-order valence-electron chi connectivity index (χ2n) is 3.93. The molecule has 0 aromatic carbocycles. The van der Waals surface area contributed by atoms with E-state index in [2.05, 4.69) is 10.3 Å². The van der Waals surface area contributed by atoms with Crippen LogP contribution in [0.25, 0.3) is 0 Å². The predicted molar refractivity (Wildman–Crippen MR) is 56.9 cm³/mol. The van der Waals surface area contributed by atoms with Crippen molar-refractivity contribution in [3.05, 3.63) is 24.5 Å². The van der Waals surface area contributed by atoms with E-state index >= 15 is 0 Å². The largest absolute Gasteiger partial charge is 0.324 e. The molecule has 76 valence electrons. The number of hydrogen-bond acceptors (Lipinski definition) is 2. The van der Waals surface area contributed by atoms with Gasteiger partial charge < -0.3 is 5.32 Å². The molecule has 0 fully saturated rings. The van der Waals surface area contributed by atoms with Crippen LogP contribution >= 0.6 is 0 Å². The van der Waals surface area contributed by atoms with Gasteiger partial charge in [0.2, 0.25) is 5.91 Å². The highest BCUT2D eigenvalue weighted by Gasteiger charge is 2.24. The molecule has 0 spiro atoms. The van der Waals surface area contributed by atoms with E-state index in [0.717, 1.165) is 12.1 Å². The maximum Gasteiger partial charge on any atom is 0.230 e. The first kappa shape index (κ1) is 10.7. The summed E-state index contributed by atoms with van der Waals surface area (Å²) in [6.45, 7) is 5.86. The standard InChI is InChI=1S/C11H16N2O/c1-4-11(2,3)10(14)13-9-6-5-7-12-8-9/h5-8H,4H2,1-3H3,(H,13,14). The molecule has 3 heteroatoms. The Balaban J connectivity index is 2.67. The molecule has 0 unspecified atom stereocenters. The molecular weight excluding hydrogens is 176 g/mol. The lowest BCUT2D eigenvalue weighted by atomic mass is 9.89. The molecule has 1 N–H and O–H groups in total. The minimum Gasteiger partial charge on any atom is -0.324 e. The smallest absolute Gasteiger partial charge is 0.230 e. The minimum atomic E-state index is -0.324. The lowest BCUT2D eigenvalue weighted by molar-refractivity contribution is -0.124. The molecule has 0 saturated carbocycles. The zero-order chi connectivity index (χ0) is 10.6. The summed E-state index contributed by atoms with van der Waals surface area (Å²) >= 11 is 0. The number of nitrogens with zero attached hydrogens (tertiary/aromatic N) is 1.